The predicted molar refractivity (Wildman–Crippen MR) is 139 cm³/mol. The molecule has 30 heavy (non-hydrogen) atoms. The van der Waals surface area contributed by atoms with Gasteiger partial charge in [-0.15, -0.1) is 0 Å². The van der Waals surface area contributed by atoms with Gasteiger partial charge in [0.05, 0.1) is 4.90 Å². The molecule has 0 unspecified atom stereocenters. The van der Waals surface area contributed by atoms with Crippen molar-refractivity contribution in [1.82, 2.24) is 0 Å². The molecule has 6 nitrogen and oxygen atoms in total. The summed E-state index contributed by atoms with van der Waals surface area (Å²) in [5.41, 5.74) is 1.45. The number of hydrogen-bond donors (Lipinski definition) is 1. The first-order valence-electron chi connectivity index (χ1n) is 9.08. The highest BCUT2D eigenvalue weighted by Gasteiger charge is 2.32. The van der Waals surface area contributed by atoms with Crippen LogP contribution in [0, 0.1) is 10.7 Å². The van der Waals surface area contributed by atoms with E-state index in [1.54, 1.807) is 6.07 Å². The van der Waals surface area contributed by atoms with Crippen LogP contribution in [0.1, 0.15) is 49.3 Å². The fraction of sp³-hybridized carbons (Fsp3) is 0.368. The molecule has 0 spiro atoms. The van der Waals surface area contributed by atoms with Crippen molar-refractivity contribution in [2.24, 2.45) is 0 Å². The lowest BCUT2D eigenvalue weighted by atomic mass is 9.87. The predicted octanol–water partition coefficient (Wildman–Crippen LogP) is 5.52. The van der Waals surface area contributed by atoms with Crippen molar-refractivity contribution in [2.45, 2.75) is 55.2 Å². The summed E-state index contributed by atoms with van der Waals surface area (Å²) in [5.74, 6) is -0.0189. The monoisotopic (exact) mass is 788 g/mol. The van der Waals surface area contributed by atoms with E-state index in [9.17, 15) is 21.4 Å². The van der Waals surface area contributed by atoms with Crippen LogP contribution in [0.4, 0.5) is 0 Å². The van der Waals surface area contributed by atoms with E-state index in [1.807, 2.05) is 65.1 Å². The van der Waals surface area contributed by atoms with Gasteiger partial charge in [-0.1, -0.05) is 13.8 Å². The van der Waals surface area contributed by atoms with Crippen molar-refractivity contribution in [3.05, 3.63) is 45.6 Å². The van der Waals surface area contributed by atoms with Gasteiger partial charge in [0.2, 0.25) is 0 Å². The first-order chi connectivity index (χ1) is 13.8. The maximum Gasteiger partial charge on any atom is 0.341 e. The number of benzene rings is 2. The van der Waals surface area contributed by atoms with E-state index in [-0.39, 0.29) is 21.5 Å². The van der Waals surface area contributed by atoms with E-state index in [0.29, 0.717) is 36.7 Å². The van der Waals surface area contributed by atoms with Crippen LogP contribution >= 0.6 is 67.8 Å². The fourth-order valence-corrected chi connectivity index (χ4v) is 9.18. The molecule has 11 heteroatoms. The molecule has 2 aromatic carbocycles. The Morgan fingerprint density at radius 3 is 2.10 bits per heavy atom. The summed E-state index contributed by atoms with van der Waals surface area (Å²) in [5, 5.41) is 0. The molecule has 0 atom stereocenters. The van der Waals surface area contributed by atoms with Gasteiger partial charge in [0.15, 0.2) is 0 Å². The number of rotatable bonds is 5. The van der Waals surface area contributed by atoms with E-state index in [0.717, 1.165) is 16.4 Å². The van der Waals surface area contributed by atoms with Gasteiger partial charge in [0, 0.05) is 21.8 Å². The lowest BCUT2D eigenvalue weighted by Crippen LogP contribution is -2.19. The Morgan fingerprint density at radius 1 is 0.967 bits per heavy atom. The third kappa shape index (κ3) is 4.94. The zero-order chi connectivity index (χ0) is 22.4. The molecule has 0 fully saturated rings. The first-order valence-corrected chi connectivity index (χ1v) is 15.2. The van der Waals surface area contributed by atoms with Gasteiger partial charge in [-0.2, -0.15) is 16.8 Å². The Balaban J connectivity index is 2.28. The number of hydrogen-bond acceptors (Lipinski definition) is 5. The van der Waals surface area contributed by atoms with Gasteiger partial charge >= 0.3 is 10.1 Å². The quantitative estimate of drug-likeness (QED) is 0.186. The van der Waals surface area contributed by atoms with Crippen molar-refractivity contribution < 1.29 is 25.6 Å². The molecule has 0 aromatic heterocycles. The van der Waals surface area contributed by atoms with Crippen LogP contribution in [-0.4, -0.2) is 21.4 Å². The van der Waals surface area contributed by atoms with E-state index >= 15 is 0 Å². The molecule has 3 rings (SSSR count). The van der Waals surface area contributed by atoms with Crippen molar-refractivity contribution >= 4 is 88.0 Å². The van der Waals surface area contributed by atoms with Crippen LogP contribution in [0.25, 0.3) is 0 Å². The molecule has 2 aromatic rings. The average molecular weight is 788 g/mol. The Hall–Kier alpha value is 0.290. The highest BCUT2D eigenvalue weighted by atomic mass is 127. The van der Waals surface area contributed by atoms with Crippen LogP contribution in [0.5, 0.6) is 5.75 Å². The van der Waals surface area contributed by atoms with E-state index < -0.39 is 20.2 Å². The van der Waals surface area contributed by atoms with E-state index in [1.165, 1.54) is 6.07 Å². The molecular formula is C19H19I3O6S2. The third-order valence-electron chi connectivity index (χ3n) is 4.93. The summed E-state index contributed by atoms with van der Waals surface area (Å²) in [6, 6.07) is 4.92. The van der Waals surface area contributed by atoms with Crippen molar-refractivity contribution in [3.8, 4) is 5.75 Å². The molecule has 1 aliphatic rings. The minimum atomic E-state index is -4.44. The number of halogens is 3. The maximum atomic E-state index is 13.3. The van der Waals surface area contributed by atoms with Crippen LogP contribution in [0.3, 0.4) is 0 Å². The fourth-order valence-electron chi connectivity index (χ4n) is 3.54. The maximum absolute atomic E-state index is 13.3. The second-order valence-corrected chi connectivity index (χ2v) is 13.6. The molecule has 164 valence electrons. The highest BCUT2D eigenvalue weighted by molar-refractivity contribution is 14.1. The lowest BCUT2D eigenvalue weighted by molar-refractivity contribution is 0.469. The zero-order valence-corrected chi connectivity index (χ0v) is 24.2. The molecule has 0 saturated carbocycles. The van der Waals surface area contributed by atoms with Crippen LogP contribution < -0.4 is 4.18 Å². The Kier molecular flexibility index (Phi) is 7.70. The summed E-state index contributed by atoms with van der Waals surface area (Å²) in [6.45, 7) is 3.66. The third-order valence-corrected chi connectivity index (χ3v) is 11.8. The molecule has 0 saturated heterocycles. The molecule has 0 bridgehead atoms. The van der Waals surface area contributed by atoms with Gasteiger partial charge in [-0.05, 0) is 123 Å². The molecule has 0 heterocycles. The molecular weight excluding hydrogens is 769 g/mol. The second kappa shape index (κ2) is 9.27. The van der Waals surface area contributed by atoms with Gasteiger partial charge in [0.25, 0.3) is 10.1 Å². The highest BCUT2D eigenvalue weighted by Crippen LogP contribution is 2.42. The van der Waals surface area contributed by atoms with E-state index in [2.05, 4.69) is 22.6 Å². The largest absolute Gasteiger partial charge is 0.378 e. The summed E-state index contributed by atoms with van der Waals surface area (Å²) in [7, 11) is -8.61. The topological polar surface area (TPSA) is 97.7 Å². The minimum Gasteiger partial charge on any atom is -0.378 e. The molecule has 0 radical (unpaired) electrons. The molecule has 1 aliphatic carbocycles. The SMILES string of the molecule is CC(C)c1cc(S(=O)(=O)O)c2c(c1OS(=O)(=O)c1c(I)ccc(I)c1I)CCCC2. The van der Waals surface area contributed by atoms with Gasteiger partial charge in [-0.3, -0.25) is 4.55 Å². The summed E-state index contributed by atoms with van der Waals surface area (Å²) < 4.78 is 68.1. The summed E-state index contributed by atoms with van der Waals surface area (Å²) >= 11 is 6.04. The first kappa shape index (κ1) is 24.9. The molecule has 1 N–H and O–H groups in total. The Bertz CT molecular complexity index is 1220. The lowest BCUT2D eigenvalue weighted by Gasteiger charge is -2.25. The van der Waals surface area contributed by atoms with Gasteiger partial charge in [-0.25, -0.2) is 0 Å². The Morgan fingerprint density at radius 2 is 1.53 bits per heavy atom. The van der Waals surface area contributed by atoms with E-state index in [4.69, 9.17) is 4.18 Å². The Labute approximate surface area is 217 Å². The molecule has 0 amide bonds. The standard InChI is InChI=1S/C19H19I3O6S2/c1-10(2)13-9-16(29(23,24)25)11-5-3-4-6-12(11)18(13)28-30(26,27)19-15(21)8-7-14(20)17(19)22/h7-10H,3-6H2,1-2H3,(H,23,24,25). The summed E-state index contributed by atoms with van der Waals surface area (Å²) in [4.78, 5) is -0.0437. The van der Waals surface area contributed by atoms with Crippen LogP contribution in [-0.2, 0) is 33.1 Å². The number of fused-ring (bicyclic) bond motifs is 1. The second-order valence-electron chi connectivity index (χ2n) is 7.30. The smallest absolute Gasteiger partial charge is 0.341 e. The van der Waals surface area contributed by atoms with Gasteiger partial charge in [0.1, 0.15) is 10.6 Å². The minimum absolute atomic E-state index is 0.105. The van der Waals surface area contributed by atoms with Gasteiger partial charge < -0.3 is 4.18 Å². The van der Waals surface area contributed by atoms with Crippen molar-refractivity contribution in [3.63, 3.8) is 0 Å². The summed E-state index contributed by atoms with van der Waals surface area (Å²) in [6.07, 6.45) is 2.48. The average Bonchev–Trinajstić information content (AvgIpc) is 2.63. The van der Waals surface area contributed by atoms with Crippen LogP contribution in [0.2, 0.25) is 0 Å². The van der Waals surface area contributed by atoms with Crippen LogP contribution in [0.15, 0.2) is 28.0 Å². The van der Waals surface area contributed by atoms with Crippen molar-refractivity contribution in [1.29, 1.82) is 0 Å². The zero-order valence-electron chi connectivity index (χ0n) is 16.1. The molecule has 0 aliphatic heterocycles. The normalized spacial score (nSPS) is 14.6. The van der Waals surface area contributed by atoms with Crippen molar-refractivity contribution in [2.75, 3.05) is 0 Å².